The molecule has 1 aliphatic heterocycles. The van der Waals surface area contributed by atoms with Gasteiger partial charge in [-0.15, -0.1) is 0 Å². The lowest BCUT2D eigenvalue weighted by molar-refractivity contribution is -0.132. The van der Waals surface area contributed by atoms with Crippen LogP contribution < -0.4 is 5.32 Å². The average molecular weight is 292 g/mol. The topological polar surface area (TPSA) is 50.2 Å². The third-order valence-electron chi connectivity index (χ3n) is 4.50. The van der Waals surface area contributed by atoms with Crippen LogP contribution in [0.4, 0.5) is 0 Å². The van der Waals surface area contributed by atoms with E-state index in [1.54, 1.807) is 0 Å². The summed E-state index contributed by atoms with van der Waals surface area (Å²) in [5.74, 6) is 0.286. The molecule has 1 amide bonds. The average Bonchev–Trinajstić information content (AvgIpc) is 2.73. The van der Waals surface area contributed by atoms with Gasteiger partial charge >= 0.3 is 0 Å². The fraction of sp³-hybridized carbons (Fsp3) is 0.750. The van der Waals surface area contributed by atoms with E-state index in [4.69, 9.17) is 0 Å². The molecule has 5 heteroatoms. The summed E-state index contributed by atoms with van der Waals surface area (Å²) in [6.07, 6.45) is 4.16. The van der Waals surface area contributed by atoms with Crippen molar-refractivity contribution in [1.82, 2.24) is 20.0 Å². The van der Waals surface area contributed by atoms with Crippen LogP contribution in [0, 0.1) is 13.8 Å². The number of piperidine rings is 1. The maximum absolute atomic E-state index is 12.1. The van der Waals surface area contributed by atoms with Gasteiger partial charge in [-0.05, 0) is 40.0 Å². The number of nitrogens with one attached hydrogen (secondary N) is 1. The van der Waals surface area contributed by atoms with E-state index >= 15 is 0 Å². The van der Waals surface area contributed by atoms with Gasteiger partial charge in [-0.25, -0.2) is 0 Å². The van der Waals surface area contributed by atoms with Gasteiger partial charge in [0.1, 0.15) is 0 Å². The molecule has 1 aromatic heterocycles. The van der Waals surface area contributed by atoms with Gasteiger partial charge < -0.3 is 10.2 Å². The second-order valence-corrected chi connectivity index (χ2v) is 6.08. The van der Waals surface area contributed by atoms with Crippen LogP contribution in [0.1, 0.15) is 55.6 Å². The molecule has 1 saturated heterocycles. The van der Waals surface area contributed by atoms with Crippen LogP contribution in [0.2, 0.25) is 0 Å². The molecule has 1 atom stereocenters. The maximum atomic E-state index is 12.1. The Bertz CT molecular complexity index is 489. The van der Waals surface area contributed by atoms with Crippen molar-refractivity contribution in [1.29, 1.82) is 0 Å². The third-order valence-corrected chi connectivity index (χ3v) is 4.50. The lowest BCUT2D eigenvalue weighted by atomic mass is 10.1. The molecule has 1 aliphatic rings. The van der Waals surface area contributed by atoms with Gasteiger partial charge in [-0.1, -0.05) is 0 Å². The first kappa shape index (κ1) is 16.0. The molecule has 0 radical (unpaired) electrons. The molecule has 1 N–H and O–H groups in total. The van der Waals surface area contributed by atoms with Crippen molar-refractivity contribution >= 4 is 5.91 Å². The second-order valence-electron chi connectivity index (χ2n) is 6.08. The smallest absolute Gasteiger partial charge is 0.223 e. The summed E-state index contributed by atoms with van der Waals surface area (Å²) in [4.78, 5) is 14.1. The standard InChI is InChI=1S/C16H28N4O/c1-12(16-13(2)18-19(4)14(16)3)17-9-8-15(21)20-10-6-5-7-11-20/h12,17H,5-11H2,1-4H3. The molecule has 0 aliphatic carbocycles. The Morgan fingerprint density at radius 1 is 1.29 bits per heavy atom. The van der Waals surface area contributed by atoms with Gasteiger partial charge in [0.05, 0.1) is 5.69 Å². The Kier molecular flexibility index (Phi) is 5.39. The highest BCUT2D eigenvalue weighted by Crippen LogP contribution is 2.20. The Morgan fingerprint density at radius 2 is 1.95 bits per heavy atom. The minimum absolute atomic E-state index is 0.229. The number of hydrogen-bond acceptors (Lipinski definition) is 3. The fourth-order valence-corrected chi connectivity index (χ4v) is 3.22. The van der Waals surface area contributed by atoms with Gasteiger partial charge in [0, 0.05) is 50.4 Å². The van der Waals surface area contributed by atoms with Crippen LogP contribution in [0.3, 0.4) is 0 Å². The first-order valence-corrected chi connectivity index (χ1v) is 8.02. The highest BCUT2D eigenvalue weighted by molar-refractivity contribution is 5.76. The molecule has 0 saturated carbocycles. The van der Waals surface area contributed by atoms with Crippen molar-refractivity contribution in [2.45, 2.75) is 52.5 Å². The minimum atomic E-state index is 0.229. The van der Waals surface area contributed by atoms with E-state index in [0.717, 1.165) is 38.2 Å². The van der Waals surface area contributed by atoms with E-state index in [9.17, 15) is 4.79 Å². The zero-order valence-electron chi connectivity index (χ0n) is 13.8. The van der Waals surface area contributed by atoms with E-state index in [0.29, 0.717) is 6.42 Å². The molecule has 2 heterocycles. The van der Waals surface area contributed by atoms with Crippen LogP contribution in [-0.2, 0) is 11.8 Å². The highest BCUT2D eigenvalue weighted by atomic mass is 16.2. The third kappa shape index (κ3) is 3.84. The monoisotopic (exact) mass is 292 g/mol. The Hall–Kier alpha value is -1.36. The zero-order valence-corrected chi connectivity index (χ0v) is 13.8. The number of amides is 1. The van der Waals surface area contributed by atoms with Crippen molar-refractivity contribution < 1.29 is 4.79 Å². The number of carbonyl (C=O) groups is 1. The van der Waals surface area contributed by atoms with Crippen molar-refractivity contribution in [3.63, 3.8) is 0 Å². The summed E-state index contributed by atoms with van der Waals surface area (Å²) in [7, 11) is 1.97. The number of carbonyl (C=O) groups excluding carboxylic acids is 1. The summed E-state index contributed by atoms with van der Waals surface area (Å²) in [5, 5.41) is 7.91. The van der Waals surface area contributed by atoms with Crippen LogP contribution in [-0.4, -0.2) is 40.2 Å². The summed E-state index contributed by atoms with van der Waals surface area (Å²) in [6, 6.07) is 0.229. The first-order valence-electron chi connectivity index (χ1n) is 8.02. The van der Waals surface area contributed by atoms with Gasteiger partial charge in [-0.2, -0.15) is 5.10 Å². The highest BCUT2D eigenvalue weighted by Gasteiger charge is 2.18. The molecule has 118 valence electrons. The van der Waals surface area contributed by atoms with Crippen molar-refractivity contribution in [2.75, 3.05) is 19.6 Å². The number of rotatable bonds is 5. The summed E-state index contributed by atoms with van der Waals surface area (Å²) in [5.41, 5.74) is 3.51. The molecular formula is C16H28N4O. The molecule has 0 spiro atoms. The first-order chi connectivity index (χ1) is 10.0. The number of likely N-dealkylation sites (tertiary alicyclic amines) is 1. The predicted molar refractivity (Wildman–Crippen MR) is 84.1 cm³/mol. The van der Waals surface area contributed by atoms with Crippen LogP contribution in [0.5, 0.6) is 0 Å². The van der Waals surface area contributed by atoms with Crippen molar-refractivity contribution in [3.8, 4) is 0 Å². The molecule has 1 aromatic rings. The molecule has 1 unspecified atom stereocenters. The zero-order chi connectivity index (χ0) is 15.4. The minimum Gasteiger partial charge on any atom is -0.343 e. The summed E-state index contributed by atoms with van der Waals surface area (Å²) < 4.78 is 1.92. The molecule has 2 rings (SSSR count). The lowest BCUT2D eigenvalue weighted by Gasteiger charge is -2.27. The largest absolute Gasteiger partial charge is 0.343 e. The second kappa shape index (κ2) is 7.07. The normalized spacial score (nSPS) is 17.0. The fourth-order valence-electron chi connectivity index (χ4n) is 3.22. The number of aryl methyl sites for hydroxylation is 2. The van der Waals surface area contributed by atoms with Gasteiger partial charge in [-0.3, -0.25) is 9.48 Å². The quantitative estimate of drug-likeness (QED) is 0.904. The summed E-state index contributed by atoms with van der Waals surface area (Å²) in [6.45, 7) is 8.88. The molecular weight excluding hydrogens is 264 g/mol. The Balaban J connectivity index is 1.81. The van der Waals surface area contributed by atoms with E-state index < -0.39 is 0 Å². The number of aromatic nitrogens is 2. The van der Waals surface area contributed by atoms with Gasteiger partial charge in [0.2, 0.25) is 5.91 Å². The van der Waals surface area contributed by atoms with Crippen LogP contribution in [0.15, 0.2) is 0 Å². The maximum Gasteiger partial charge on any atom is 0.223 e. The van der Waals surface area contributed by atoms with E-state index in [2.05, 4.69) is 24.3 Å². The van der Waals surface area contributed by atoms with Crippen LogP contribution >= 0.6 is 0 Å². The molecule has 5 nitrogen and oxygen atoms in total. The van der Waals surface area contributed by atoms with E-state index in [1.807, 2.05) is 23.6 Å². The predicted octanol–water partition coefficient (Wildman–Crippen LogP) is 2.09. The van der Waals surface area contributed by atoms with E-state index in [1.165, 1.54) is 17.7 Å². The van der Waals surface area contributed by atoms with Gasteiger partial charge in [0.25, 0.3) is 0 Å². The Labute approximate surface area is 127 Å². The van der Waals surface area contributed by atoms with Crippen LogP contribution in [0.25, 0.3) is 0 Å². The van der Waals surface area contributed by atoms with Gasteiger partial charge in [0.15, 0.2) is 0 Å². The number of nitrogens with zero attached hydrogens (tertiary/aromatic N) is 3. The van der Waals surface area contributed by atoms with E-state index in [-0.39, 0.29) is 11.9 Å². The molecule has 0 bridgehead atoms. The van der Waals surface area contributed by atoms with Crippen molar-refractivity contribution in [3.05, 3.63) is 17.0 Å². The molecule has 0 aromatic carbocycles. The Morgan fingerprint density at radius 3 is 2.52 bits per heavy atom. The lowest BCUT2D eigenvalue weighted by Crippen LogP contribution is -2.37. The summed E-state index contributed by atoms with van der Waals surface area (Å²) >= 11 is 0. The SMILES string of the molecule is Cc1nn(C)c(C)c1C(C)NCCC(=O)N1CCCCC1. The molecule has 21 heavy (non-hydrogen) atoms. The molecule has 1 fully saturated rings. The number of hydrogen-bond donors (Lipinski definition) is 1. The van der Waals surface area contributed by atoms with Crippen molar-refractivity contribution in [2.24, 2.45) is 7.05 Å².